The van der Waals surface area contributed by atoms with Crippen LogP contribution in [0.3, 0.4) is 0 Å². The second-order valence-corrected chi connectivity index (χ2v) is 4.86. The Kier molecular flexibility index (Phi) is 3.10. The molecule has 1 aromatic rings. The number of hydrogen-bond donors (Lipinski definition) is 0. The van der Waals surface area contributed by atoms with E-state index in [0.717, 1.165) is 10.0 Å². The van der Waals surface area contributed by atoms with Gasteiger partial charge in [0.25, 0.3) is 0 Å². The van der Waals surface area contributed by atoms with Crippen LogP contribution in [0.1, 0.15) is 5.56 Å². The Balaban J connectivity index is 3.19. The third-order valence-corrected chi connectivity index (χ3v) is 2.80. The summed E-state index contributed by atoms with van der Waals surface area (Å²) in [5.74, 6) is 0. The fourth-order valence-corrected chi connectivity index (χ4v) is 2.32. The average molecular weight is 254 g/mol. The van der Waals surface area contributed by atoms with Gasteiger partial charge in [-0.3, -0.25) is 0 Å². The zero-order chi connectivity index (χ0) is 8.43. The van der Waals surface area contributed by atoms with Crippen LogP contribution >= 0.6 is 26.6 Å². The van der Waals surface area contributed by atoms with E-state index < -0.39 is 10.0 Å². The molecule has 1 aromatic carbocycles. The highest BCUT2D eigenvalue weighted by Gasteiger charge is 2.00. The predicted octanol–water partition coefficient (Wildman–Crippen LogP) is 3.02. The number of rotatable bonds is 1. The molecule has 0 aromatic heterocycles. The molecular formula is C7H6BrClOS. The van der Waals surface area contributed by atoms with Gasteiger partial charge in [-0.1, -0.05) is 15.9 Å². The minimum atomic E-state index is -1.41. The van der Waals surface area contributed by atoms with Crippen LogP contribution in [0.25, 0.3) is 0 Å². The number of aryl methyl sites for hydroxylation is 1. The summed E-state index contributed by atoms with van der Waals surface area (Å²) >= 11 is 3.29. The van der Waals surface area contributed by atoms with Gasteiger partial charge in [0.15, 0.2) is 0 Å². The molecule has 0 aliphatic rings. The van der Waals surface area contributed by atoms with Gasteiger partial charge in [0.05, 0.1) is 4.90 Å². The van der Waals surface area contributed by atoms with E-state index in [2.05, 4.69) is 15.9 Å². The van der Waals surface area contributed by atoms with Gasteiger partial charge in [0.2, 0.25) is 0 Å². The van der Waals surface area contributed by atoms with E-state index in [4.69, 9.17) is 10.7 Å². The topological polar surface area (TPSA) is 17.1 Å². The van der Waals surface area contributed by atoms with Gasteiger partial charge in [0, 0.05) is 4.47 Å². The molecule has 0 amide bonds. The average Bonchev–Trinajstić information content (AvgIpc) is 1.85. The van der Waals surface area contributed by atoms with Crippen LogP contribution in [0, 0.1) is 6.92 Å². The van der Waals surface area contributed by atoms with Crippen molar-refractivity contribution in [3.63, 3.8) is 0 Å². The van der Waals surface area contributed by atoms with Gasteiger partial charge < -0.3 is 0 Å². The summed E-state index contributed by atoms with van der Waals surface area (Å²) in [6.07, 6.45) is 0. The standard InChI is InChI=1S/C7H6BrClOS/c1-5-2-6(8)4-7(3-5)11(9)10/h2-4H,1H3. The highest BCUT2D eigenvalue weighted by Crippen LogP contribution is 2.19. The molecule has 1 nitrogen and oxygen atoms in total. The summed E-state index contributed by atoms with van der Waals surface area (Å²) in [6, 6.07) is 5.48. The molecule has 0 radical (unpaired) electrons. The van der Waals surface area contributed by atoms with Crippen molar-refractivity contribution in [3.8, 4) is 0 Å². The van der Waals surface area contributed by atoms with E-state index >= 15 is 0 Å². The van der Waals surface area contributed by atoms with Gasteiger partial charge in [-0.15, -0.1) is 0 Å². The molecule has 0 N–H and O–H groups in total. The molecule has 0 aliphatic carbocycles. The molecule has 1 unspecified atom stereocenters. The monoisotopic (exact) mass is 252 g/mol. The maximum Gasteiger partial charge on any atom is 0.147 e. The van der Waals surface area contributed by atoms with Gasteiger partial charge >= 0.3 is 0 Å². The van der Waals surface area contributed by atoms with E-state index in [1.54, 1.807) is 12.1 Å². The van der Waals surface area contributed by atoms with Crippen molar-refractivity contribution in [2.24, 2.45) is 0 Å². The maximum atomic E-state index is 10.8. The van der Waals surface area contributed by atoms with Crippen LogP contribution in [0.5, 0.6) is 0 Å². The van der Waals surface area contributed by atoms with Gasteiger partial charge in [-0.05, 0) is 41.4 Å². The molecule has 60 valence electrons. The third kappa shape index (κ3) is 2.58. The highest BCUT2D eigenvalue weighted by molar-refractivity contribution is 9.10. The van der Waals surface area contributed by atoms with Crippen LogP contribution in [0.15, 0.2) is 27.6 Å². The predicted molar refractivity (Wildman–Crippen MR) is 51.1 cm³/mol. The van der Waals surface area contributed by atoms with Crippen LogP contribution in [-0.2, 0) is 10.0 Å². The van der Waals surface area contributed by atoms with Crippen LogP contribution < -0.4 is 0 Å². The van der Waals surface area contributed by atoms with E-state index in [-0.39, 0.29) is 0 Å². The number of benzene rings is 1. The Morgan fingerprint density at radius 1 is 1.45 bits per heavy atom. The maximum absolute atomic E-state index is 10.8. The van der Waals surface area contributed by atoms with E-state index in [1.807, 2.05) is 13.0 Å². The Bertz CT molecular complexity index is 280. The molecular weight excluding hydrogens is 248 g/mol. The first-order valence-electron chi connectivity index (χ1n) is 2.95. The van der Waals surface area contributed by atoms with Crippen molar-refractivity contribution in [2.45, 2.75) is 11.8 Å². The van der Waals surface area contributed by atoms with Crippen molar-refractivity contribution >= 4 is 36.6 Å². The smallest absolute Gasteiger partial charge is 0.147 e. The van der Waals surface area contributed by atoms with E-state index in [9.17, 15) is 4.21 Å². The zero-order valence-electron chi connectivity index (χ0n) is 5.80. The SMILES string of the molecule is Cc1cc(Br)cc(S(=O)Cl)c1. The van der Waals surface area contributed by atoms with Crippen LogP contribution in [-0.4, -0.2) is 4.21 Å². The van der Waals surface area contributed by atoms with E-state index in [0.29, 0.717) is 4.90 Å². The third-order valence-electron chi connectivity index (χ3n) is 1.20. The molecule has 0 aliphatic heterocycles. The molecule has 11 heavy (non-hydrogen) atoms. The molecule has 0 fully saturated rings. The van der Waals surface area contributed by atoms with Crippen LogP contribution in [0.2, 0.25) is 0 Å². The number of hydrogen-bond acceptors (Lipinski definition) is 1. The second kappa shape index (κ2) is 3.70. The molecule has 1 atom stereocenters. The van der Waals surface area contributed by atoms with Crippen LogP contribution in [0.4, 0.5) is 0 Å². The van der Waals surface area contributed by atoms with Crippen molar-refractivity contribution in [2.75, 3.05) is 0 Å². The largest absolute Gasteiger partial charge is 0.237 e. The van der Waals surface area contributed by atoms with Crippen molar-refractivity contribution < 1.29 is 4.21 Å². The Labute approximate surface area is 80.8 Å². The molecule has 4 heteroatoms. The Morgan fingerprint density at radius 3 is 2.55 bits per heavy atom. The quantitative estimate of drug-likeness (QED) is 0.703. The normalized spacial score (nSPS) is 13.0. The van der Waals surface area contributed by atoms with Crippen molar-refractivity contribution in [1.29, 1.82) is 0 Å². The Morgan fingerprint density at radius 2 is 2.09 bits per heavy atom. The molecule has 1 rings (SSSR count). The summed E-state index contributed by atoms with van der Waals surface area (Å²) in [5.41, 5.74) is 1.04. The van der Waals surface area contributed by atoms with Gasteiger partial charge in [-0.25, -0.2) is 4.21 Å². The highest BCUT2D eigenvalue weighted by atomic mass is 79.9. The minimum absolute atomic E-state index is 0.638. The fourth-order valence-electron chi connectivity index (χ4n) is 0.795. The summed E-state index contributed by atoms with van der Waals surface area (Å²) in [5, 5.41) is 0. The summed E-state index contributed by atoms with van der Waals surface area (Å²) in [4.78, 5) is 0.638. The summed E-state index contributed by atoms with van der Waals surface area (Å²) in [6.45, 7) is 1.93. The first kappa shape index (κ1) is 9.23. The molecule has 0 saturated heterocycles. The molecule has 0 heterocycles. The lowest BCUT2D eigenvalue weighted by molar-refractivity contribution is 0.691. The summed E-state index contributed by atoms with van der Waals surface area (Å²) in [7, 11) is 3.99. The van der Waals surface area contributed by atoms with Crippen molar-refractivity contribution in [1.82, 2.24) is 0 Å². The molecule has 0 spiro atoms. The van der Waals surface area contributed by atoms with E-state index in [1.165, 1.54) is 0 Å². The van der Waals surface area contributed by atoms with Gasteiger partial charge in [-0.2, -0.15) is 0 Å². The second-order valence-electron chi connectivity index (χ2n) is 2.19. The van der Waals surface area contributed by atoms with Crippen molar-refractivity contribution in [3.05, 3.63) is 28.2 Å². The first-order chi connectivity index (χ1) is 5.09. The summed E-state index contributed by atoms with van der Waals surface area (Å²) < 4.78 is 11.7. The fraction of sp³-hybridized carbons (Fsp3) is 0.143. The Hall–Kier alpha value is 0.140. The molecule has 0 saturated carbocycles. The lowest BCUT2D eigenvalue weighted by Gasteiger charge is -1.97. The lowest BCUT2D eigenvalue weighted by atomic mass is 10.2. The minimum Gasteiger partial charge on any atom is -0.237 e. The lowest BCUT2D eigenvalue weighted by Crippen LogP contribution is -1.83. The molecule has 0 bridgehead atoms. The van der Waals surface area contributed by atoms with Gasteiger partial charge in [0.1, 0.15) is 10.0 Å². The zero-order valence-corrected chi connectivity index (χ0v) is 8.96. The first-order valence-corrected chi connectivity index (χ1v) is 5.72. The number of halogens is 2.